The summed E-state index contributed by atoms with van der Waals surface area (Å²) in [7, 11) is 0. The molecule has 0 radical (unpaired) electrons. The van der Waals surface area contributed by atoms with Gasteiger partial charge in [-0.3, -0.25) is 4.79 Å². The van der Waals surface area contributed by atoms with Crippen LogP contribution in [-0.2, 0) is 19.0 Å². The van der Waals surface area contributed by atoms with E-state index >= 15 is 0 Å². The van der Waals surface area contributed by atoms with Crippen molar-refractivity contribution in [2.45, 2.75) is 44.8 Å². The summed E-state index contributed by atoms with van der Waals surface area (Å²) in [6.45, 7) is 3.85. The van der Waals surface area contributed by atoms with Gasteiger partial charge in [0, 0.05) is 11.8 Å². The molecular weight excluding hydrogens is 244 g/mol. The number of hydrogen-bond acceptors (Lipinski definition) is 4. The van der Waals surface area contributed by atoms with Gasteiger partial charge >= 0.3 is 5.97 Å². The van der Waals surface area contributed by atoms with E-state index in [2.05, 4.69) is 0 Å². The Bertz CT molecular complexity index is 381. The Hall–Kier alpha value is -0.610. The molecule has 4 heteroatoms. The number of fused-ring (bicyclic) bond motifs is 2. The van der Waals surface area contributed by atoms with Crippen LogP contribution in [0.1, 0.15) is 39.0 Å². The van der Waals surface area contributed by atoms with E-state index in [9.17, 15) is 4.79 Å². The van der Waals surface area contributed by atoms with Crippen molar-refractivity contribution >= 4 is 5.97 Å². The highest BCUT2D eigenvalue weighted by atomic mass is 16.7. The normalized spacial score (nSPS) is 45.2. The lowest BCUT2D eigenvalue weighted by Crippen LogP contribution is -2.61. The molecule has 106 valence electrons. The fourth-order valence-electron chi connectivity index (χ4n) is 5.56. The first-order valence-electron chi connectivity index (χ1n) is 7.65. The van der Waals surface area contributed by atoms with Crippen molar-refractivity contribution in [2.24, 2.45) is 23.2 Å². The monoisotopic (exact) mass is 266 g/mol. The average Bonchev–Trinajstić information content (AvgIpc) is 2.98. The van der Waals surface area contributed by atoms with Crippen LogP contribution in [0.15, 0.2) is 0 Å². The first-order chi connectivity index (χ1) is 9.22. The highest BCUT2D eigenvalue weighted by Crippen LogP contribution is 2.74. The number of rotatable bonds is 3. The lowest BCUT2D eigenvalue weighted by molar-refractivity contribution is -0.312. The third kappa shape index (κ3) is 1.39. The molecule has 3 saturated carbocycles. The molecular formula is C15H22O4. The molecule has 0 N–H and O–H groups in total. The van der Waals surface area contributed by atoms with Gasteiger partial charge in [-0.05, 0) is 43.9 Å². The first-order valence-corrected chi connectivity index (χ1v) is 7.65. The summed E-state index contributed by atoms with van der Waals surface area (Å²) in [5, 5.41) is 0. The molecule has 4 rings (SSSR count). The van der Waals surface area contributed by atoms with Crippen LogP contribution in [0, 0.1) is 23.2 Å². The maximum absolute atomic E-state index is 11.9. The molecule has 4 atom stereocenters. The van der Waals surface area contributed by atoms with Gasteiger partial charge < -0.3 is 14.2 Å². The van der Waals surface area contributed by atoms with E-state index in [0.29, 0.717) is 30.8 Å². The molecule has 19 heavy (non-hydrogen) atoms. The minimum absolute atomic E-state index is 0.0157. The second kappa shape index (κ2) is 3.95. The van der Waals surface area contributed by atoms with E-state index in [1.54, 1.807) is 0 Å². The lowest BCUT2D eigenvalue weighted by Gasteiger charge is -2.55. The SMILES string of the molecule is CCOC(=O)CC12CC[C@@H]3C1[C@H](CC2)C31OCCO1. The van der Waals surface area contributed by atoms with Gasteiger partial charge in [0.15, 0.2) is 5.79 Å². The average molecular weight is 266 g/mol. The van der Waals surface area contributed by atoms with E-state index in [4.69, 9.17) is 14.2 Å². The van der Waals surface area contributed by atoms with Gasteiger partial charge in [-0.15, -0.1) is 0 Å². The molecule has 0 amide bonds. The van der Waals surface area contributed by atoms with Crippen molar-refractivity contribution < 1.29 is 19.0 Å². The van der Waals surface area contributed by atoms with Crippen LogP contribution in [0.5, 0.6) is 0 Å². The molecule has 1 spiro atoms. The number of ether oxygens (including phenoxy) is 3. The van der Waals surface area contributed by atoms with Gasteiger partial charge in [0.25, 0.3) is 0 Å². The van der Waals surface area contributed by atoms with Crippen LogP contribution in [-0.4, -0.2) is 31.6 Å². The molecule has 0 aromatic heterocycles. The maximum atomic E-state index is 11.9. The highest BCUT2D eigenvalue weighted by molar-refractivity contribution is 5.70. The van der Waals surface area contributed by atoms with E-state index in [1.165, 1.54) is 0 Å². The highest BCUT2D eigenvalue weighted by Gasteiger charge is 2.75. The predicted octanol–water partition coefficient (Wildman–Crippen LogP) is 2.12. The number of hydrogen-bond donors (Lipinski definition) is 0. The van der Waals surface area contributed by atoms with Crippen molar-refractivity contribution in [3.63, 3.8) is 0 Å². The predicted molar refractivity (Wildman–Crippen MR) is 67.3 cm³/mol. The molecule has 4 nitrogen and oxygen atoms in total. The Labute approximate surface area is 113 Å². The Morgan fingerprint density at radius 1 is 1.21 bits per heavy atom. The zero-order valence-electron chi connectivity index (χ0n) is 11.5. The van der Waals surface area contributed by atoms with Gasteiger partial charge in [-0.2, -0.15) is 0 Å². The summed E-state index contributed by atoms with van der Waals surface area (Å²) in [5.41, 5.74) is 0.197. The summed E-state index contributed by atoms with van der Waals surface area (Å²) in [6, 6.07) is 0. The van der Waals surface area contributed by atoms with Gasteiger partial charge in [0.2, 0.25) is 0 Å². The molecule has 1 heterocycles. The first kappa shape index (κ1) is 12.2. The summed E-state index contributed by atoms with van der Waals surface area (Å²) in [6.07, 6.45) is 5.20. The molecule has 0 aromatic rings. The van der Waals surface area contributed by atoms with Crippen molar-refractivity contribution in [2.75, 3.05) is 19.8 Å². The molecule has 0 bridgehead atoms. The molecule has 1 saturated heterocycles. The van der Waals surface area contributed by atoms with Crippen LogP contribution in [0.25, 0.3) is 0 Å². The summed E-state index contributed by atoms with van der Waals surface area (Å²) in [5.74, 6) is 1.40. The summed E-state index contributed by atoms with van der Waals surface area (Å²) >= 11 is 0. The van der Waals surface area contributed by atoms with Crippen molar-refractivity contribution in [1.82, 2.24) is 0 Å². The minimum atomic E-state index is -0.266. The van der Waals surface area contributed by atoms with E-state index in [0.717, 1.165) is 38.9 Å². The molecule has 4 fully saturated rings. The smallest absolute Gasteiger partial charge is 0.306 e. The van der Waals surface area contributed by atoms with E-state index in [-0.39, 0.29) is 17.2 Å². The molecule has 2 unspecified atom stereocenters. The van der Waals surface area contributed by atoms with Crippen LogP contribution < -0.4 is 0 Å². The molecule has 0 aromatic carbocycles. The number of carbonyl (C=O) groups excluding carboxylic acids is 1. The third-order valence-corrected chi connectivity index (χ3v) is 6.05. The Kier molecular flexibility index (Phi) is 2.53. The van der Waals surface area contributed by atoms with Crippen molar-refractivity contribution in [1.29, 1.82) is 0 Å². The largest absolute Gasteiger partial charge is 0.466 e. The Morgan fingerprint density at radius 2 is 1.84 bits per heavy atom. The fourth-order valence-corrected chi connectivity index (χ4v) is 5.56. The minimum Gasteiger partial charge on any atom is -0.466 e. The van der Waals surface area contributed by atoms with Gasteiger partial charge in [0.1, 0.15) is 0 Å². The van der Waals surface area contributed by atoms with Gasteiger partial charge in [0.05, 0.1) is 26.2 Å². The Morgan fingerprint density at radius 3 is 2.42 bits per heavy atom. The van der Waals surface area contributed by atoms with Crippen LogP contribution in [0.3, 0.4) is 0 Å². The van der Waals surface area contributed by atoms with Crippen LogP contribution in [0.2, 0.25) is 0 Å². The molecule has 3 aliphatic carbocycles. The topological polar surface area (TPSA) is 44.8 Å². The van der Waals surface area contributed by atoms with Gasteiger partial charge in [-0.1, -0.05) is 0 Å². The Balaban J connectivity index is 1.55. The third-order valence-electron chi connectivity index (χ3n) is 6.05. The van der Waals surface area contributed by atoms with Gasteiger partial charge in [-0.25, -0.2) is 0 Å². The summed E-state index contributed by atoms with van der Waals surface area (Å²) < 4.78 is 17.1. The van der Waals surface area contributed by atoms with Crippen LogP contribution >= 0.6 is 0 Å². The van der Waals surface area contributed by atoms with Crippen molar-refractivity contribution in [3.05, 3.63) is 0 Å². The summed E-state index contributed by atoms with van der Waals surface area (Å²) in [4.78, 5) is 11.9. The second-order valence-corrected chi connectivity index (χ2v) is 6.58. The quantitative estimate of drug-likeness (QED) is 0.734. The van der Waals surface area contributed by atoms with Crippen LogP contribution in [0.4, 0.5) is 0 Å². The molecule has 1 aliphatic heterocycles. The second-order valence-electron chi connectivity index (χ2n) is 6.58. The zero-order chi connectivity index (χ0) is 13.1. The number of esters is 1. The maximum Gasteiger partial charge on any atom is 0.306 e. The van der Waals surface area contributed by atoms with E-state index in [1.807, 2.05) is 6.92 Å². The number of carbonyl (C=O) groups is 1. The standard InChI is InChI=1S/C15H22O4/c1-2-17-12(16)9-14-5-3-10-13(14)11(4-6-14)15(10)18-7-8-19-15/h10-11,13H,2-9H2,1H3/t10-,11+,13?,14?. The zero-order valence-corrected chi connectivity index (χ0v) is 11.5. The lowest BCUT2D eigenvalue weighted by atomic mass is 9.58. The van der Waals surface area contributed by atoms with E-state index < -0.39 is 0 Å². The fraction of sp³-hybridized carbons (Fsp3) is 0.933. The van der Waals surface area contributed by atoms with Crippen molar-refractivity contribution in [3.8, 4) is 0 Å². The molecule has 4 aliphatic rings.